The van der Waals surface area contributed by atoms with Crippen molar-refractivity contribution in [1.82, 2.24) is 14.8 Å². The van der Waals surface area contributed by atoms with Crippen molar-refractivity contribution in [2.24, 2.45) is 0 Å². The minimum Gasteiger partial charge on any atom is -0.437 e. The molecular weight excluding hydrogens is 389 g/mol. The molecule has 8 heteroatoms. The van der Waals surface area contributed by atoms with Crippen LogP contribution in [0.5, 0.6) is 11.6 Å². The van der Waals surface area contributed by atoms with Crippen LogP contribution in [0.3, 0.4) is 0 Å². The van der Waals surface area contributed by atoms with Crippen LogP contribution < -0.4 is 4.74 Å². The fourth-order valence-electron chi connectivity index (χ4n) is 2.30. The maximum Gasteiger partial charge on any atom is 0.259 e. The highest BCUT2D eigenvalue weighted by molar-refractivity contribution is 6.35. The highest BCUT2D eigenvalue weighted by atomic mass is 35.5. The summed E-state index contributed by atoms with van der Waals surface area (Å²) in [6, 6.07) is 8.26. The molecule has 0 radical (unpaired) electrons. The Morgan fingerprint density at radius 3 is 2.59 bits per heavy atom. The first-order valence-corrected chi connectivity index (χ1v) is 9.19. The Hall–Kier alpha value is -1.86. The van der Waals surface area contributed by atoms with Crippen LogP contribution in [0.25, 0.3) is 0 Å². The Bertz CT molecular complexity index is 772. The zero-order valence-electron chi connectivity index (χ0n) is 15.6. The molecule has 6 nitrogen and oxygen atoms in total. The molecule has 0 bridgehead atoms. The van der Waals surface area contributed by atoms with Crippen molar-refractivity contribution in [3.63, 3.8) is 0 Å². The lowest BCUT2D eigenvalue weighted by molar-refractivity contribution is 0.0680. The lowest BCUT2D eigenvalue weighted by atomic mass is 10.2. The maximum atomic E-state index is 13.1. The topological polar surface area (TPSA) is 54.9 Å². The summed E-state index contributed by atoms with van der Waals surface area (Å²) in [5.41, 5.74) is 0.360. The lowest BCUT2D eigenvalue weighted by Gasteiger charge is -2.24. The van der Waals surface area contributed by atoms with Crippen LogP contribution in [0.4, 0.5) is 0 Å². The number of carbonyl (C=O) groups excluding carboxylic acids is 1. The molecule has 1 aromatic heterocycles. The quantitative estimate of drug-likeness (QED) is 0.627. The Morgan fingerprint density at radius 1 is 1.15 bits per heavy atom. The van der Waals surface area contributed by atoms with Crippen LogP contribution >= 0.6 is 23.2 Å². The summed E-state index contributed by atoms with van der Waals surface area (Å²) in [5, 5.41) is 0.842. The average molecular weight is 412 g/mol. The van der Waals surface area contributed by atoms with Gasteiger partial charge in [0.1, 0.15) is 11.3 Å². The molecule has 0 atom stereocenters. The van der Waals surface area contributed by atoms with E-state index >= 15 is 0 Å². The molecule has 1 amide bonds. The highest BCUT2D eigenvalue weighted by Gasteiger charge is 2.21. The first-order valence-electron chi connectivity index (χ1n) is 8.43. The van der Waals surface area contributed by atoms with Crippen molar-refractivity contribution in [3.05, 3.63) is 52.1 Å². The average Bonchev–Trinajstić information content (AvgIpc) is 2.64. The number of carbonyl (C=O) groups is 1. The van der Waals surface area contributed by atoms with Gasteiger partial charge in [-0.2, -0.15) is 0 Å². The normalized spacial score (nSPS) is 10.9. The Kier molecular flexibility index (Phi) is 8.31. The fraction of sp³-hybridized carbons (Fsp3) is 0.368. The monoisotopic (exact) mass is 411 g/mol. The summed E-state index contributed by atoms with van der Waals surface area (Å²) in [7, 11) is 5.52. The third-order valence-corrected chi connectivity index (χ3v) is 4.30. The third kappa shape index (κ3) is 6.36. The number of nitrogens with zero attached hydrogens (tertiary/aromatic N) is 3. The van der Waals surface area contributed by atoms with E-state index in [0.717, 1.165) is 6.54 Å². The van der Waals surface area contributed by atoms with Gasteiger partial charge in [-0.1, -0.05) is 23.2 Å². The van der Waals surface area contributed by atoms with E-state index in [9.17, 15) is 4.79 Å². The summed E-state index contributed by atoms with van der Waals surface area (Å²) in [6.07, 6.45) is 1.56. The van der Waals surface area contributed by atoms with Crippen molar-refractivity contribution < 1.29 is 14.3 Å². The van der Waals surface area contributed by atoms with Crippen molar-refractivity contribution in [2.75, 3.05) is 47.4 Å². The first kappa shape index (κ1) is 21.4. The van der Waals surface area contributed by atoms with Crippen molar-refractivity contribution in [1.29, 1.82) is 0 Å². The molecule has 0 spiro atoms. The molecule has 0 aliphatic heterocycles. The van der Waals surface area contributed by atoms with E-state index in [1.807, 2.05) is 19.0 Å². The van der Waals surface area contributed by atoms with E-state index in [1.165, 1.54) is 0 Å². The van der Waals surface area contributed by atoms with Crippen molar-refractivity contribution in [3.8, 4) is 11.6 Å². The molecule has 27 heavy (non-hydrogen) atoms. The summed E-state index contributed by atoms with van der Waals surface area (Å²) in [6.45, 7) is 2.21. The number of halogens is 2. The Balaban J connectivity index is 2.26. The van der Waals surface area contributed by atoms with Crippen LogP contribution in [0.1, 0.15) is 10.4 Å². The van der Waals surface area contributed by atoms with Gasteiger partial charge < -0.3 is 19.3 Å². The summed E-state index contributed by atoms with van der Waals surface area (Å²) >= 11 is 12.1. The van der Waals surface area contributed by atoms with Gasteiger partial charge in [-0.15, -0.1) is 0 Å². The number of ether oxygens (including phenoxy) is 2. The van der Waals surface area contributed by atoms with Crippen LogP contribution in [0.15, 0.2) is 36.5 Å². The molecule has 0 unspecified atom stereocenters. The molecule has 0 aliphatic rings. The first-order chi connectivity index (χ1) is 12.9. The van der Waals surface area contributed by atoms with Gasteiger partial charge in [-0.25, -0.2) is 4.98 Å². The molecule has 146 valence electrons. The van der Waals surface area contributed by atoms with E-state index in [0.29, 0.717) is 41.1 Å². The number of rotatable bonds is 9. The number of aromatic nitrogens is 1. The molecule has 0 saturated heterocycles. The minimum absolute atomic E-state index is 0.179. The highest BCUT2D eigenvalue weighted by Crippen LogP contribution is 2.32. The second-order valence-corrected chi connectivity index (χ2v) is 6.96. The molecule has 1 aromatic carbocycles. The van der Waals surface area contributed by atoms with Gasteiger partial charge in [0, 0.05) is 38.0 Å². The van der Waals surface area contributed by atoms with E-state index in [2.05, 4.69) is 4.98 Å². The Morgan fingerprint density at radius 2 is 1.93 bits per heavy atom. The van der Waals surface area contributed by atoms with E-state index in [-0.39, 0.29) is 11.8 Å². The lowest BCUT2D eigenvalue weighted by Crippen LogP contribution is -2.39. The van der Waals surface area contributed by atoms with E-state index in [1.54, 1.807) is 48.5 Å². The minimum atomic E-state index is -0.179. The molecule has 0 aliphatic carbocycles. The summed E-state index contributed by atoms with van der Waals surface area (Å²) in [5.74, 6) is 0.395. The predicted molar refractivity (Wildman–Crippen MR) is 107 cm³/mol. The summed E-state index contributed by atoms with van der Waals surface area (Å²) < 4.78 is 10.9. The van der Waals surface area contributed by atoms with Gasteiger partial charge in [0.2, 0.25) is 5.88 Å². The van der Waals surface area contributed by atoms with Crippen molar-refractivity contribution >= 4 is 29.1 Å². The molecule has 0 fully saturated rings. The van der Waals surface area contributed by atoms with Crippen molar-refractivity contribution in [2.45, 2.75) is 0 Å². The number of amides is 1. The zero-order chi connectivity index (χ0) is 19.8. The molecule has 2 rings (SSSR count). The van der Waals surface area contributed by atoms with E-state index in [4.69, 9.17) is 32.7 Å². The van der Waals surface area contributed by atoms with Crippen LogP contribution in [-0.4, -0.2) is 68.1 Å². The standard InChI is InChI=1S/C19H23Cl2N3O3/c1-23(2)9-10-24(11-12-26-3)19(25)15-5-4-8-22-18(15)27-17-7-6-14(20)13-16(17)21/h4-8,13H,9-12H2,1-3H3. The maximum absolute atomic E-state index is 13.1. The smallest absolute Gasteiger partial charge is 0.259 e. The predicted octanol–water partition coefficient (Wildman–Crippen LogP) is 3.83. The number of methoxy groups -OCH3 is 1. The van der Waals surface area contributed by atoms with Gasteiger partial charge in [-0.05, 0) is 44.4 Å². The van der Waals surface area contributed by atoms with Gasteiger partial charge in [0.15, 0.2) is 0 Å². The molecule has 0 N–H and O–H groups in total. The third-order valence-electron chi connectivity index (χ3n) is 3.77. The SMILES string of the molecule is COCCN(CCN(C)C)C(=O)c1cccnc1Oc1ccc(Cl)cc1Cl. The number of benzene rings is 1. The number of pyridine rings is 1. The zero-order valence-corrected chi connectivity index (χ0v) is 17.1. The molecule has 1 heterocycles. The number of hydrogen-bond donors (Lipinski definition) is 0. The number of hydrogen-bond acceptors (Lipinski definition) is 5. The summed E-state index contributed by atoms with van der Waals surface area (Å²) in [4.78, 5) is 21.0. The fourth-order valence-corrected chi connectivity index (χ4v) is 2.75. The van der Waals surface area contributed by atoms with Gasteiger partial charge in [-0.3, -0.25) is 4.79 Å². The molecule has 0 saturated carbocycles. The van der Waals surface area contributed by atoms with Gasteiger partial charge >= 0.3 is 0 Å². The largest absolute Gasteiger partial charge is 0.437 e. The molecule has 2 aromatic rings. The van der Waals surface area contributed by atoms with Crippen LogP contribution in [0.2, 0.25) is 10.0 Å². The Labute approximate surface area is 169 Å². The second-order valence-electron chi connectivity index (χ2n) is 6.12. The number of likely N-dealkylation sites (N-methyl/N-ethyl adjacent to an activating group) is 1. The van der Waals surface area contributed by atoms with Crippen LogP contribution in [0, 0.1) is 0 Å². The van der Waals surface area contributed by atoms with E-state index < -0.39 is 0 Å². The van der Waals surface area contributed by atoms with Gasteiger partial charge in [0.05, 0.1) is 11.6 Å². The van der Waals surface area contributed by atoms with Crippen LogP contribution in [-0.2, 0) is 4.74 Å². The molecular formula is C19H23Cl2N3O3. The van der Waals surface area contributed by atoms with Gasteiger partial charge in [0.25, 0.3) is 5.91 Å². The second kappa shape index (κ2) is 10.5.